The Balaban J connectivity index is 1.48. The Labute approximate surface area is 144 Å². The molecule has 3 fully saturated rings. The maximum absolute atomic E-state index is 13.5. The number of anilines is 1. The molecule has 2 atom stereocenters. The lowest BCUT2D eigenvalue weighted by molar-refractivity contribution is -0.140. The molecule has 25 heavy (non-hydrogen) atoms. The average molecular weight is 350 g/mol. The predicted octanol–water partition coefficient (Wildman–Crippen LogP) is 2.10. The fourth-order valence-electron chi connectivity index (χ4n) is 4.16. The number of ether oxygens (including phenoxy) is 1. The fourth-order valence-corrected chi connectivity index (χ4v) is 4.16. The molecule has 1 aromatic rings. The van der Waals surface area contributed by atoms with Crippen LogP contribution in [0.15, 0.2) is 18.2 Å². The molecule has 2 amide bonds. The highest BCUT2D eigenvalue weighted by molar-refractivity contribution is 5.96. The number of hydrogen-bond donors (Lipinski definition) is 0. The first-order valence-electron chi connectivity index (χ1n) is 8.63. The number of hydrogen-bond acceptors (Lipinski definition) is 3. The van der Waals surface area contributed by atoms with E-state index < -0.39 is 11.6 Å². The van der Waals surface area contributed by atoms with E-state index in [1.165, 1.54) is 11.0 Å². The summed E-state index contributed by atoms with van der Waals surface area (Å²) >= 11 is 0. The van der Waals surface area contributed by atoms with Gasteiger partial charge in [0.05, 0.1) is 0 Å². The summed E-state index contributed by atoms with van der Waals surface area (Å²) in [5, 5.41) is 0. The molecule has 3 heterocycles. The van der Waals surface area contributed by atoms with Crippen LogP contribution in [0.25, 0.3) is 0 Å². The van der Waals surface area contributed by atoms with Crippen molar-refractivity contribution in [1.29, 1.82) is 0 Å². The van der Waals surface area contributed by atoms with Crippen molar-refractivity contribution < 1.29 is 23.1 Å². The summed E-state index contributed by atoms with van der Waals surface area (Å²) in [6, 6.07) is 3.50. The number of nitrogens with zero attached hydrogens (tertiary/aromatic N) is 2. The lowest BCUT2D eigenvalue weighted by Crippen LogP contribution is -2.39. The monoisotopic (exact) mass is 350 g/mol. The third-order valence-corrected chi connectivity index (χ3v) is 5.49. The molecule has 0 aliphatic carbocycles. The van der Waals surface area contributed by atoms with Gasteiger partial charge in [-0.05, 0) is 31.4 Å². The first-order valence-corrected chi connectivity index (χ1v) is 8.63. The van der Waals surface area contributed by atoms with Crippen molar-refractivity contribution in [2.75, 3.05) is 31.1 Å². The van der Waals surface area contributed by atoms with Crippen molar-refractivity contribution in [1.82, 2.24) is 4.90 Å². The SMILES string of the molecule is O=C([C@H]1CCCO1)N1CC[C@]2(CC(=O)N(c3ccc(F)c(F)c3)C2)C1. The van der Waals surface area contributed by atoms with Gasteiger partial charge in [0.1, 0.15) is 6.10 Å². The van der Waals surface area contributed by atoms with Gasteiger partial charge in [0, 0.05) is 49.8 Å². The Kier molecular flexibility index (Phi) is 3.98. The van der Waals surface area contributed by atoms with Crippen LogP contribution in [0.5, 0.6) is 0 Å². The largest absolute Gasteiger partial charge is 0.368 e. The van der Waals surface area contributed by atoms with Crippen LogP contribution in [0.1, 0.15) is 25.7 Å². The molecule has 0 unspecified atom stereocenters. The van der Waals surface area contributed by atoms with Gasteiger partial charge in [0.2, 0.25) is 5.91 Å². The Hall–Kier alpha value is -2.02. The highest BCUT2D eigenvalue weighted by Crippen LogP contribution is 2.42. The highest BCUT2D eigenvalue weighted by Gasteiger charge is 2.49. The molecular formula is C18H20F2N2O3. The second kappa shape index (κ2) is 6.05. The average Bonchev–Trinajstić information content (AvgIpc) is 3.31. The summed E-state index contributed by atoms with van der Waals surface area (Å²) in [5.41, 5.74) is 0.0561. The minimum absolute atomic E-state index is 0.00750. The summed E-state index contributed by atoms with van der Waals surface area (Å²) in [6.45, 7) is 2.17. The summed E-state index contributed by atoms with van der Waals surface area (Å²) in [5.74, 6) is -2.00. The summed E-state index contributed by atoms with van der Waals surface area (Å²) in [6.07, 6.45) is 2.35. The molecular weight excluding hydrogens is 330 g/mol. The third-order valence-electron chi connectivity index (χ3n) is 5.49. The van der Waals surface area contributed by atoms with Crippen molar-refractivity contribution in [3.05, 3.63) is 29.8 Å². The normalized spacial score (nSPS) is 29.2. The van der Waals surface area contributed by atoms with Gasteiger partial charge in [-0.1, -0.05) is 0 Å². The van der Waals surface area contributed by atoms with E-state index in [-0.39, 0.29) is 23.3 Å². The molecule has 3 aliphatic rings. The van der Waals surface area contributed by atoms with Crippen LogP contribution in [0.4, 0.5) is 14.5 Å². The van der Waals surface area contributed by atoms with Crippen LogP contribution in [0.2, 0.25) is 0 Å². The molecule has 1 spiro atoms. The molecule has 0 aromatic heterocycles. The minimum atomic E-state index is -0.965. The van der Waals surface area contributed by atoms with Gasteiger partial charge in [-0.25, -0.2) is 8.78 Å². The van der Waals surface area contributed by atoms with E-state index in [1.54, 1.807) is 4.90 Å². The van der Waals surface area contributed by atoms with Crippen LogP contribution >= 0.6 is 0 Å². The quantitative estimate of drug-likeness (QED) is 0.821. The minimum Gasteiger partial charge on any atom is -0.368 e. The van der Waals surface area contributed by atoms with Crippen LogP contribution < -0.4 is 4.90 Å². The van der Waals surface area contributed by atoms with Gasteiger partial charge in [0.25, 0.3) is 5.91 Å². The van der Waals surface area contributed by atoms with E-state index in [1.807, 2.05) is 0 Å². The van der Waals surface area contributed by atoms with Gasteiger partial charge in [-0.3, -0.25) is 9.59 Å². The smallest absolute Gasteiger partial charge is 0.251 e. The van der Waals surface area contributed by atoms with E-state index in [4.69, 9.17) is 4.74 Å². The molecule has 3 aliphatic heterocycles. The van der Waals surface area contributed by atoms with Crippen LogP contribution in [-0.2, 0) is 14.3 Å². The topological polar surface area (TPSA) is 49.9 Å². The zero-order valence-corrected chi connectivity index (χ0v) is 13.8. The molecule has 0 bridgehead atoms. The highest BCUT2D eigenvalue weighted by atomic mass is 19.2. The van der Waals surface area contributed by atoms with Crippen molar-refractivity contribution in [2.45, 2.75) is 31.8 Å². The van der Waals surface area contributed by atoms with Crippen LogP contribution in [0.3, 0.4) is 0 Å². The molecule has 4 rings (SSSR count). The Morgan fingerprint density at radius 3 is 2.80 bits per heavy atom. The van der Waals surface area contributed by atoms with E-state index >= 15 is 0 Å². The second-order valence-electron chi connectivity index (χ2n) is 7.27. The summed E-state index contributed by atoms with van der Waals surface area (Å²) < 4.78 is 32.1. The number of rotatable bonds is 2. The van der Waals surface area contributed by atoms with E-state index in [0.29, 0.717) is 38.3 Å². The maximum Gasteiger partial charge on any atom is 0.251 e. The van der Waals surface area contributed by atoms with Gasteiger partial charge >= 0.3 is 0 Å². The molecule has 5 nitrogen and oxygen atoms in total. The summed E-state index contributed by atoms with van der Waals surface area (Å²) in [7, 11) is 0. The van der Waals surface area contributed by atoms with Gasteiger partial charge < -0.3 is 14.5 Å². The molecule has 0 radical (unpaired) electrons. The molecule has 0 saturated carbocycles. The Morgan fingerprint density at radius 2 is 2.08 bits per heavy atom. The van der Waals surface area contributed by atoms with E-state index in [2.05, 4.69) is 0 Å². The van der Waals surface area contributed by atoms with E-state index in [9.17, 15) is 18.4 Å². The van der Waals surface area contributed by atoms with Crippen LogP contribution in [-0.4, -0.2) is 49.1 Å². The zero-order chi connectivity index (χ0) is 17.6. The first-order chi connectivity index (χ1) is 12.0. The molecule has 3 saturated heterocycles. The Morgan fingerprint density at radius 1 is 1.24 bits per heavy atom. The maximum atomic E-state index is 13.5. The molecule has 134 valence electrons. The third kappa shape index (κ3) is 2.90. The lowest BCUT2D eigenvalue weighted by Gasteiger charge is -2.25. The number of likely N-dealkylation sites (tertiary alicyclic amines) is 1. The number of amides is 2. The Bertz CT molecular complexity index is 720. The lowest BCUT2D eigenvalue weighted by atomic mass is 9.86. The molecule has 1 aromatic carbocycles. The van der Waals surface area contributed by atoms with Crippen molar-refractivity contribution in [3.8, 4) is 0 Å². The zero-order valence-electron chi connectivity index (χ0n) is 13.8. The van der Waals surface area contributed by atoms with Gasteiger partial charge in [-0.15, -0.1) is 0 Å². The van der Waals surface area contributed by atoms with Crippen molar-refractivity contribution >= 4 is 17.5 Å². The van der Waals surface area contributed by atoms with E-state index in [0.717, 1.165) is 31.4 Å². The second-order valence-corrected chi connectivity index (χ2v) is 7.27. The first kappa shape index (κ1) is 16.4. The number of carbonyl (C=O) groups is 2. The number of carbonyl (C=O) groups excluding carboxylic acids is 2. The predicted molar refractivity (Wildman–Crippen MR) is 85.9 cm³/mol. The molecule has 7 heteroatoms. The standard InChI is InChI=1S/C18H20F2N2O3/c19-13-4-3-12(8-14(13)20)22-11-18(9-16(22)23)5-6-21(10-18)17(24)15-2-1-7-25-15/h3-4,8,15H,1-2,5-7,9-11H2/t15-,18+/m1/s1. The summed E-state index contributed by atoms with van der Waals surface area (Å²) in [4.78, 5) is 28.3. The number of halogens is 2. The van der Waals surface area contributed by atoms with Crippen molar-refractivity contribution in [3.63, 3.8) is 0 Å². The van der Waals surface area contributed by atoms with Gasteiger partial charge in [0.15, 0.2) is 11.6 Å². The van der Waals surface area contributed by atoms with Crippen molar-refractivity contribution in [2.24, 2.45) is 5.41 Å². The van der Waals surface area contributed by atoms with Crippen LogP contribution in [0, 0.1) is 17.0 Å². The fraction of sp³-hybridized carbons (Fsp3) is 0.556. The molecule has 0 N–H and O–H groups in total. The number of benzene rings is 1. The van der Waals surface area contributed by atoms with Gasteiger partial charge in [-0.2, -0.15) is 0 Å².